The van der Waals surface area contributed by atoms with Crippen LogP contribution in [0.15, 0.2) is 18.2 Å². The number of nitrogens with two attached hydrogens (primary N) is 1. The zero-order chi connectivity index (χ0) is 14.0. The van der Waals surface area contributed by atoms with E-state index in [0.29, 0.717) is 12.1 Å². The smallest absolute Gasteiger partial charge is 0.256 e. The van der Waals surface area contributed by atoms with Gasteiger partial charge in [-0.2, -0.15) is 0 Å². The molecule has 1 amide bonds. The number of carbonyl (C=O) groups excluding carboxylic acids is 1. The first-order valence-corrected chi connectivity index (χ1v) is 6.53. The summed E-state index contributed by atoms with van der Waals surface area (Å²) in [7, 11) is 2.05. The van der Waals surface area contributed by atoms with Crippen LogP contribution in [-0.2, 0) is 0 Å². The number of nitrogen functional groups attached to an aromatic ring is 1. The zero-order valence-corrected chi connectivity index (χ0v) is 11.4. The molecule has 5 heteroatoms. The first kappa shape index (κ1) is 13.8. The van der Waals surface area contributed by atoms with Crippen LogP contribution in [0.1, 0.15) is 23.7 Å². The van der Waals surface area contributed by atoms with Crippen LogP contribution in [0.25, 0.3) is 0 Å². The molecule has 4 nitrogen and oxygen atoms in total. The fourth-order valence-electron chi connectivity index (χ4n) is 2.56. The van der Waals surface area contributed by atoms with E-state index in [9.17, 15) is 9.18 Å². The van der Waals surface area contributed by atoms with Gasteiger partial charge < -0.3 is 15.5 Å². The number of anilines is 1. The summed E-state index contributed by atoms with van der Waals surface area (Å²) in [6, 6.07) is 4.07. The molecule has 0 spiro atoms. The van der Waals surface area contributed by atoms with Crippen molar-refractivity contribution in [2.45, 2.75) is 19.4 Å². The number of hydrogen-bond acceptors (Lipinski definition) is 3. The molecule has 19 heavy (non-hydrogen) atoms. The molecule has 1 saturated heterocycles. The van der Waals surface area contributed by atoms with Crippen LogP contribution in [0.3, 0.4) is 0 Å². The number of rotatable bonds is 1. The van der Waals surface area contributed by atoms with Crippen LogP contribution >= 0.6 is 0 Å². The van der Waals surface area contributed by atoms with Gasteiger partial charge in [0, 0.05) is 24.8 Å². The van der Waals surface area contributed by atoms with Crippen molar-refractivity contribution in [3.8, 4) is 0 Å². The van der Waals surface area contributed by atoms with E-state index >= 15 is 0 Å². The van der Waals surface area contributed by atoms with Gasteiger partial charge in [0.05, 0.1) is 5.56 Å². The molecule has 1 atom stereocenters. The van der Waals surface area contributed by atoms with Gasteiger partial charge in [0.25, 0.3) is 5.91 Å². The molecule has 0 saturated carbocycles. The molecule has 2 N–H and O–H groups in total. The van der Waals surface area contributed by atoms with E-state index in [0.717, 1.165) is 19.5 Å². The van der Waals surface area contributed by atoms with Crippen molar-refractivity contribution in [2.24, 2.45) is 0 Å². The number of benzene rings is 1. The van der Waals surface area contributed by atoms with Crippen molar-refractivity contribution >= 4 is 11.6 Å². The number of amides is 1. The van der Waals surface area contributed by atoms with Crippen LogP contribution in [0.4, 0.5) is 10.1 Å². The highest BCUT2D eigenvalue weighted by Gasteiger charge is 2.26. The largest absolute Gasteiger partial charge is 0.398 e. The molecule has 0 radical (unpaired) electrons. The Morgan fingerprint density at radius 3 is 2.84 bits per heavy atom. The maximum atomic E-state index is 13.0. The highest BCUT2D eigenvalue weighted by Crippen LogP contribution is 2.19. The first-order valence-electron chi connectivity index (χ1n) is 6.53. The Balaban J connectivity index is 2.22. The molecule has 1 aliphatic heterocycles. The predicted octanol–water partition coefficient (Wildman–Crippen LogP) is 1.57. The average Bonchev–Trinajstić information content (AvgIpc) is 2.49. The van der Waals surface area contributed by atoms with Crippen molar-refractivity contribution in [1.29, 1.82) is 0 Å². The quantitative estimate of drug-likeness (QED) is 0.784. The Morgan fingerprint density at radius 1 is 1.42 bits per heavy atom. The molecule has 2 rings (SSSR count). The van der Waals surface area contributed by atoms with Gasteiger partial charge in [-0.3, -0.25) is 4.79 Å². The summed E-state index contributed by atoms with van der Waals surface area (Å²) >= 11 is 0. The monoisotopic (exact) mass is 265 g/mol. The molecular formula is C14H20FN3O. The highest BCUT2D eigenvalue weighted by atomic mass is 19.1. The van der Waals surface area contributed by atoms with Crippen molar-refractivity contribution in [2.75, 3.05) is 32.4 Å². The number of halogens is 1. The summed E-state index contributed by atoms with van der Waals surface area (Å²) < 4.78 is 13.0. The lowest BCUT2D eigenvalue weighted by Gasteiger charge is -2.28. The Kier molecular flexibility index (Phi) is 4.04. The third kappa shape index (κ3) is 3.04. The summed E-state index contributed by atoms with van der Waals surface area (Å²) in [6.45, 7) is 4.56. The maximum absolute atomic E-state index is 13.0. The predicted molar refractivity (Wildman–Crippen MR) is 73.4 cm³/mol. The van der Waals surface area contributed by atoms with Crippen molar-refractivity contribution < 1.29 is 9.18 Å². The van der Waals surface area contributed by atoms with Gasteiger partial charge in [-0.25, -0.2) is 4.39 Å². The van der Waals surface area contributed by atoms with E-state index in [2.05, 4.69) is 11.9 Å². The van der Waals surface area contributed by atoms with Crippen LogP contribution in [0.5, 0.6) is 0 Å². The number of nitrogens with zero attached hydrogens (tertiary/aromatic N) is 2. The van der Waals surface area contributed by atoms with E-state index < -0.39 is 5.82 Å². The third-order valence-electron chi connectivity index (χ3n) is 3.55. The van der Waals surface area contributed by atoms with Crippen molar-refractivity contribution in [3.63, 3.8) is 0 Å². The second-order valence-electron chi connectivity index (χ2n) is 5.19. The Morgan fingerprint density at radius 2 is 2.16 bits per heavy atom. The number of hydrogen-bond donors (Lipinski definition) is 1. The second kappa shape index (κ2) is 5.57. The Labute approximate surface area is 113 Å². The van der Waals surface area contributed by atoms with Crippen molar-refractivity contribution in [1.82, 2.24) is 9.80 Å². The molecule has 0 bridgehead atoms. The molecule has 1 aromatic rings. The lowest BCUT2D eigenvalue weighted by molar-refractivity contribution is 0.0697. The molecule has 0 aromatic heterocycles. The highest BCUT2D eigenvalue weighted by molar-refractivity contribution is 5.99. The van der Waals surface area contributed by atoms with E-state index in [4.69, 9.17) is 5.73 Å². The molecule has 104 valence electrons. The van der Waals surface area contributed by atoms with Crippen molar-refractivity contribution in [3.05, 3.63) is 29.6 Å². The van der Waals surface area contributed by atoms with E-state index in [1.165, 1.54) is 18.2 Å². The van der Waals surface area contributed by atoms with Gasteiger partial charge in [0.15, 0.2) is 0 Å². The maximum Gasteiger partial charge on any atom is 0.256 e. The van der Waals surface area contributed by atoms with E-state index in [1.807, 2.05) is 11.8 Å². The molecule has 1 aromatic carbocycles. The fraction of sp³-hybridized carbons (Fsp3) is 0.500. The topological polar surface area (TPSA) is 49.6 Å². The van der Waals surface area contributed by atoms with Gasteiger partial charge in [0.2, 0.25) is 0 Å². The number of likely N-dealkylation sites (N-methyl/N-ethyl adjacent to an activating group) is 1. The lowest BCUT2D eigenvalue weighted by Crippen LogP contribution is -2.42. The van der Waals surface area contributed by atoms with Crippen LogP contribution in [0.2, 0.25) is 0 Å². The third-order valence-corrected chi connectivity index (χ3v) is 3.55. The average molecular weight is 265 g/mol. The molecule has 1 fully saturated rings. The Hall–Kier alpha value is -1.62. The SMILES string of the molecule is CC1CN(C)CCCN1C(=O)c1ccc(F)cc1N. The summed E-state index contributed by atoms with van der Waals surface area (Å²) in [6.07, 6.45) is 0.938. The fourth-order valence-corrected chi connectivity index (χ4v) is 2.56. The minimum absolute atomic E-state index is 0.111. The first-order chi connectivity index (χ1) is 8.99. The van der Waals surface area contributed by atoms with Crippen LogP contribution in [0, 0.1) is 5.82 Å². The summed E-state index contributed by atoms with van der Waals surface area (Å²) in [5, 5.41) is 0. The summed E-state index contributed by atoms with van der Waals surface area (Å²) in [5.74, 6) is -0.530. The van der Waals surface area contributed by atoms with E-state index in [1.54, 1.807) is 0 Å². The lowest BCUT2D eigenvalue weighted by atomic mass is 10.1. The molecule has 1 unspecified atom stereocenters. The van der Waals surface area contributed by atoms with Crippen LogP contribution in [-0.4, -0.2) is 48.4 Å². The Bertz CT molecular complexity index is 478. The summed E-state index contributed by atoms with van der Waals surface area (Å²) in [4.78, 5) is 16.5. The van der Waals surface area contributed by atoms with Gasteiger partial charge in [0.1, 0.15) is 5.82 Å². The van der Waals surface area contributed by atoms with E-state index in [-0.39, 0.29) is 17.6 Å². The molecule has 1 aliphatic rings. The standard InChI is InChI=1S/C14H20FN3O/c1-10-9-17(2)6-3-7-18(10)14(19)12-5-4-11(15)8-13(12)16/h4-5,8,10H,3,6-7,9,16H2,1-2H3. The van der Waals surface area contributed by atoms with Gasteiger partial charge in [-0.05, 0) is 45.1 Å². The molecular weight excluding hydrogens is 245 g/mol. The molecule has 1 heterocycles. The number of carbonyl (C=O) groups is 1. The van der Waals surface area contributed by atoms with Gasteiger partial charge in [-0.1, -0.05) is 0 Å². The normalized spacial score (nSPS) is 21.2. The van der Waals surface area contributed by atoms with Gasteiger partial charge >= 0.3 is 0 Å². The van der Waals surface area contributed by atoms with Crippen LogP contribution < -0.4 is 5.73 Å². The minimum atomic E-state index is -0.419. The zero-order valence-electron chi connectivity index (χ0n) is 11.4. The van der Waals surface area contributed by atoms with Gasteiger partial charge in [-0.15, -0.1) is 0 Å². The second-order valence-corrected chi connectivity index (χ2v) is 5.19. The molecule has 0 aliphatic carbocycles. The summed E-state index contributed by atoms with van der Waals surface area (Å²) in [5.41, 5.74) is 6.33. The minimum Gasteiger partial charge on any atom is -0.398 e.